The summed E-state index contributed by atoms with van der Waals surface area (Å²) in [5, 5.41) is 13.9. The normalized spacial score (nSPS) is 20.8. The minimum Gasteiger partial charge on any atom is -0.389 e. The highest BCUT2D eigenvalue weighted by Gasteiger charge is 2.14. The Labute approximate surface area is 125 Å². The largest absolute Gasteiger partial charge is 0.389 e. The van der Waals surface area contributed by atoms with Crippen LogP contribution in [-0.2, 0) is 16.1 Å². The van der Waals surface area contributed by atoms with Crippen LogP contribution in [0.4, 0.5) is 0 Å². The molecule has 1 saturated heterocycles. The van der Waals surface area contributed by atoms with Gasteiger partial charge in [-0.25, -0.2) is 0 Å². The van der Waals surface area contributed by atoms with Crippen molar-refractivity contribution in [2.45, 2.75) is 31.6 Å². The Morgan fingerprint density at radius 3 is 3.05 bits per heavy atom. The molecule has 112 valence electrons. The summed E-state index contributed by atoms with van der Waals surface area (Å²) < 4.78 is 10.9. The lowest BCUT2D eigenvalue weighted by Crippen LogP contribution is -2.41. The van der Waals surface area contributed by atoms with Crippen molar-refractivity contribution < 1.29 is 14.6 Å². The van der Waals surface area contributed by atoms with Gasteiger partial charge in [-0.3, -0.25) is 0 Å². The van der Waals surface area contributed by atoms with E-state index in [1.54, 1.807) is 0 Å². The van der Waals surface area contributed by atoms with E-state index in [-0.39, 0.29) is 0 Å². The van der Waals surface area contributed by atoms with Crippen LogP contribution in [0.2, 0.25) is 5.02 Å². The number of benzene rings is 1. The summed E-state index contributed by atoms with van der Waals surface area (Å²) in [6.07, 6.45) is 1.67. The Morgan fingerprint density at radius 1 is 1.45 bits per heavy atom. The van der Waals surface area contributed by atoms with E-state index in [2.05, 4.69) is 5.32 Å². The van der Waals surface area contributed by atoms with Crippen LogP contribution in [0.25, 0.3) is 0 Å². The number of nitrogens with one attached hydrogen (secondary N) is 1. The van der Waals surface area contributed by atoms with Gasteiger partial charge in [0, 0.05) is 24.2 Å². The smallest absolute Gasteiger partial charge is 0.0897 e. The van der Waals surface area contributed by atoms with Gasteiger partial charge in [0.1, 0.15) is 0 Å². The second kappa shape index (κ2) is 8.60. The topological polar surface area (TPSA) is 50.7 Å². The SMILES string of the molecule is OC(CNC1CCCOC1)COCc1ccccc1Cl. The zero-order chi connectivity index (χ0) is 14.2. The summed E-state index contributed by atoms with van der Waals surface area (Å²) in [6, 6.07) is 7.91. The number of rotatable bonds is 7. The Bertz CT molecular complexity index is 396. The van der Waals surface area contributed by atoms with E-state index in [4.69, 9.17) is 21.1 Å². The molecule has 2 atom stereocenters. The molecule has 1 aromatic carbocycles. The highest BCUT2D eigenvalue weighted by atomic mass is 35.5. The van der Waals surface area contributed by atoms with Gasteiger partial charge < -0.3 is 19.9 Å². The number of hydrogen-bond donors (Lipinski definition) is 2. The van der Waals surface area contributed by atoms with Gasteiger partial charge in [-0.05, 0) is 24.5 Å². The summed E-state index contributed by atoms with van der Waals surface area (Å²) in [4.78, 5) is 0. The van der Waals surface area contributed by atoms with Crippen LogP contribution in [-0.4, -0.2) is 43.6 Å². The number of hydrogen-bond acceptors (Lipinski definition) is 4. The maximum Gasteiger partial charge on any atom is 0.0897 e. The average Bonchev–Trinajstić information content (AvgIpc) is 2.48. The molecule has 20 heavy (non-hydrogen) atoms. The molecule has 0 aromatic heterocycles. The van der Waals surface area contributed by atoms with Crippen LogP contribution in [0.3, 0.4) is 0 Å². The first-order valence-electron chi connectivity index (χ1n) is 7.06. The van der Waals surface area contributed by atoms with Crippen molar-refractivity contribution in [3.8, 4) is 0 Å². The van der Waals surface area contributed by atoms with E-state index in [0.717, 1.165) is 31.6 Å². The highest BCUT2D eigenvalue weighted by Crippen LogP contribution is 2.15. The van der Waals surface area contributed by atoms with E-state index in [0.29, 0.717) is 30.8 Å². The molecule has 1 heterocycles. The zero-order valence-electron chi connectivity index (χ0n) is 11.6. The Morgan fingerprint density at radius 2 is 2.30 bits per heavy atom. The van der Waals surface area contributed by atoms with E-state index in [9.17, 15) is 5.11 Å². The molecule has 0 aliphatic carbocycles. The molecular weight excluding hydrogens is 278 g/mol. The lowest BCUT2D eigenvalue weighted by molar-refractivity contribution is 0.0205. The van der Waals surface area contributed by atoms with Crippen molar-refractivity contribution >= 4 is 11.6 Å². The zero-order valence-corrected chi connectivity index (χ0v) is 12.3. The van der Waals surface area contributed by atoms with Crippen LogP contribution in [0.1, 0.15) is 18.4 Å². The molecule has 0 spiro atoms. The van der Waals surface area contributed by atoms with Crippen LogP contribution in [0, 0.1) is 0 Å². The van der Waals surface area contributed by atoms with E-state index in [1.807, 2.05) is 24.3 Å². The van der Waals surface area contributed by atoms with Gasteiger partial charge in [0.15, 0.2) is 0 Å². The molecule has 1 aliphatic rings. The van der Waals surface area contributed by atoms with E-state index >= 15 is 0 Å². The average molecular weight is 300 g/mol. The summed E-state index contributed by atoms with van der Waals surface area (Å²) >= 11 is 6.03. The van der Waals surface area contributed by atoms with Crippen molar-refractivity contribution in [3.63, 3.8) is 0 Å². The second-order valence-corrected chi connectivity index (χ2v) is 5.49. The summed E-state index contributed by atoms with van der Waals surface area (Å²) in [7, 11) is 0. The van der Waals surface area contributed by atoms with Crippen LogP contribution in [0.5, 0.6) is 0 Å². The number of aliphatic hydroxyl groups is 1. The van der Waals surface area contributed by atoms with Crippen molar-refractivity contribution in [2.75, 3.05) is 26.4 Å². The summed E-state index contributed by atoms with van der Waals surface area (Å²) in [6.45, 7) is 2.82. The molecule has 2 rings (SSSR count). The van der Waals surface area contributed by atoms with E-state index in [1.165, 1.54) is 0 Å². The molecule has 2 unspecified atom stereocenters. The molecule has 2 N–H and O–H groups in total. The quantitative estimate of drug-likeness (QED) is 0.808. The maximum atomic E-state index is 9.87. The van der Waals surface area contributed by atoms with Gasteiger partial charge in [0.05, 0.1) is 25.9 Å². The lowest BCUT2D eigenvalue weighted by Gasteiger charge is -2.24. The van der Waals surface area contributed by atoms with Crippen molar-refractivity contribution in [1.82, 2.24) is 5.32 Å². The van der Waals surface area contributed by atoms with E-state index < -0.39 is 6.10 Å². The van der Waals surface area contributed by atoms with Gasteiger partial charge in [0.25, 0.3) is 0 Å². The molecule has 1 aliphatic heterocycles. The maximum absolute atomic E-state index is 9.87. The fourth-order valence-corrected chi connectivity index (χ4v) is 2.37. The predicted molar refractivity (Wildman–Crippen MR) is 79.0 cm³/mol. The molecule has 5 heteroatoms. The monoisotopic (exact) mass is 299 g/mol. The Hall–Kier alpha value is -0.650. The van der Waals surface area contributed by atoms with Gasteiger partial charge in [0.2, 0.25) is 0 Å². The first-order chi connectivity index (χ1) is 9.75. The molecule has 0 bridgehead atoms. The Balaban J connectivity index is 1.60. The standard InChI is InChI=1S/C15H22ClNO3/c16-15-6-2-1-4-12(15)9-20-11-14(18)8-17-13-5-3-7-19-10-13/h1-2,4,6,13-14,17-18H,3,5,7-11H2. The first-order valence-corrected chi connectivity index (χ1v) is 7.44. The first kappa shape index (κ1) is 15.7. The molecule has 0 amide bonds. The number of halogens is 1. The lowest BCUT2D eigenvalue weighted by atomic mass is 10.1. The van der Waals surface area contributed by atoms with Crippen molar-refractivity contribution in [3.05, 3.63) is 34.9 Å². The molecule has 1 fully saturated rings. The van der Waals surface area contributed by atoms with Gasteiger partial charge in [-0.2, -0.15) is 0 Å². The van der Waals surface area contributed by atoms with Gasteiger partial charge in [-0.1, -0.05) is 29.8 Å². The molecular formula is C15H22ClNO3. The number of aliphatic hydroxyl groups excluding tert-OH is 1. The third-order valence-corrected chi connectivity index (χ3v) is 3.70. The third-order valence-electron chi connectivity index (χ3n) is 3.33. The fourth-order valence-electron chi connectivity index (χ4n) is 2.18. The molecule has 1 aromatic rings. The highest BCUT2D eigenvalue weighted by molar-refractivity contribution is 6.31. The van der Waals surface area contributed by atoms with Crippen LogP contribution in [0.15, 0.2) is 24.3 Å². The second-order valence-electron chi connectivity index (χ2n) is 5.08. The fraction of sp³-hybridized carbons (Fsp3) is 0.600. The molecule has 0 saturated carbocycles. The molecule has 4 nitrogen and oxygen atoms in total. The van der Waals surface area contributed by atoms with Gasteiger partial charge in [-0.15, -0.1) is 0 Å². The Kier molecular flexibility index (Phi) is 6.76. The minimum absolute atomic E-state index is 0.297. The van der Waals surface area contributed by atoms with Crippen molar-refractivity contribution in [2.24, 2.45) is 0 Å². The van der Waals surface area contributed by atoms with Gasteiger partial charge >= 0.3 is 0 Å². The van der Waals surface area contributed by atoms with Crippen molar-refractivity contribution in [1.29, 1.82) is 0 Å². The summed E-state index contributed by atoms with van der Waals surface area (Å²) in [5.41, 5.74) is 0.940. The molecule has 0 radical (unpaired) electrons. The van der Waals surface area contributed by atoms with Crippen LogP contribution < -0.4 is 5.32 Å². The number of ether oxygens (including phenoxy) is 2. The minimum atomic E-state index is -0.514. The third kappa shape index (κ3) is 5.38. The van der Waals surface area contributed by atoms with Crippen LogP contribution >= 0.6 is 11.6 Å². The predicted octanol–water partition coefficient (Wildman–Crippen LogP) is 1.99. The summed E-state index contributed by atoms with van der Waals surface area (Å²) in [5.74, 6) is 0.